The van der Waals surface area contributed by atoms with Crippen LogP contribution in [0.5, 0.6) is 0 Å². The minimum atomic E-state index is -0.254. The number of cyclic esters (lactones) is 1. The lowest BCUT2D eigenvalue weighted by atomic mass is 10.1. The molecule has 2 rings (SSSR count). The molecule has 1 heterocycles. The molecule has 0 aromatic heterocycles. The molecular weight excluding hydrogens is 240 g/mol. The molecule has 4 nitrogen and oxygen atoms in total. The Morgan fingerprint density at radius 2 is 2.32 bits per heavy atom. The summed E-state index contributed by atoms with van der Waals surface area (Å²) in [6.45, 7) is 5.50. The lowest BCUT2D eigenvalue weighted by molar-refractivity contribution is 0.181. The van der Waals surface area contributed by atoms with Crippen molar-refractivity contribution in [3.05, 3.63) is 24.3 Å². The SMILES string of the molecule is CCCCC(C)Nc1cccc(N2CCOC2=O)c1. The van der Waals surface area contributed by atoms with Gasteiger partial charge in [0.25, 0.3) is 0 Å². The van der Waals surface area contributed by atoms with E-state index in [0.717, 1.165) is 17.8 Å². The van der Waals surface area contributed by atoms with Crippen LogP contribution in [0.2, 0.25) is 0 Å². The molecular formula is C15H22N2O2. The van der Waals surface area contributed by atoms with Crippen molar-refractivity contribution in [2.75, 3.05) is 23.4 Å². The van der Waals surface area contributed by atoms with E-state index in [-0.39, 0.29) is 6.09 Å². The number of amides is 1. The zero-order valence-electron chi connectivity index (χ0n) is 11.7. The summed E-state index contributed by atoms with van der Waals surface area (Å²) < 4.78 is 4.96. The van der Waals surface area contributed by atoms with Crippen LogP contribution in [0.15, 0.2) is 24.3 Å². The Morgan fingerprint density at radius 3 is 3.00 bits per heavy atom. The summed E-state index contributed by atoms with van der Waals surface area (Å²) >= 11 is 0. The maximum absolute atomic E-state index is 11.5. The van der Waals surface area contributed by atoms with Gasteiger partial charge >= 0.3 is 6.09 Å². The first kappa shape index (κ1) is 13.7. The van der Waals surface area contributed by atoms with Crippen molar-refractivity contribution in [2.45, 2.75) is 39.2 Å². The van der Waals surface area contributed by atoms with Crippen LogP contribution >= 0.6 is 0 Å². The molecule has 1 saturated heterocycles. The van der Waals surface area contributed by atoms with Gasteiger partial charge in [-0.3, -0.25) is 4.90 Å². The molecule has 19 heavy (non-hydrogen) atoms. The number of ether oxygens (including phenoxy) is 1. The number of hydrogen-bond donors (Lipinski definition) is 1. The smallest absolute Gasteiger partial charge is 0.414 e. The summed E-state index contributed by atoms with van der Waals surface area (Å²) in [5.74, 6) is 0. The fourth-order valence-corrected chi connectivity index (χ4v) is 2.26. The van der Waals surface area contributed by atoms with Crippen LogP contribution in [-0.4, -0.2) is 25.3 Å². The maximum atomic E-state index is 11.5. The van der Waals surface area contributed by atoms with Crippen LogP contribution in [-0.2, 0) is 4.74 Å². The van der Waals surface area contributed by atoms with E-state index < -0.39 is 0 Å². The van der Waals surface area contributed by atoms with E-state index in [9.17, 15) is 4.79 Å². The predicted octanol–water partition coefficient (Wildman–Crippen LogP) is 3.63. The first-order chi connectivity index (χ1) is 9.20. The van der Waals surface area contributed by atoms with E-state index in [1.165, 1.54) is 12.8 Å². The molecule has 1 aromatic rings. The molecule has 0 bridgehead atoms. The largest absolute Gasteiger partial charge is 0.447 e. The van der Waals surface area contributed by atoms with Gasteiger partial charge in [0.2, 0.25) is 0 Å². The highest BCUT2D eigenvalue weighted by Gasteiger charge is 2.23. The van der Waals surface area contributed by atoms with Gasteiger partial charge in [0.05, 0.1) is 6.54 Å². The normalized spacial score (nSPS) is 16.3. The maximum Gasteiger partial charge on any atom is 0.414 e. The average Bonchev–Trinajstić information content (AvgIpc) is 2.83. The number of carbonyl (C=O) groups excluding carboxylic acids is 1. The highest BCUT2D eigenvalue weighted by Crippen LogP contribution is 2.23. The number of carbonyl (C=O) groups is 1. The van der Waals surface area contributed by atoms with E-state index in [4.69, 9.17) is 4.74 Å². The van der Waals surface area contributed by atoms with Crippen molar-refractivity contribution in [1.29, 1.82) is 0 Å². The number of nitrogens with zero attached hydrogens (tertiary/aromatic N) is 1. The molecule has 0 saturated carbocycles. The van der Waals surface area contributed by atoms with Crippen LogP contribution < -0.4 is 10.2 Å². The third kappa shape index (κ3) is 3.63. The van der Waals surface area contributed by atoms with Gasteiger partial charge in [-0.25, -0.2) is 4.79 Å². The van der Waals surface area contributed by atoms with E-state index >= 15 is 0 Å². The Balaban J connectivity index is 2.00. The zero-order valence-corrected chi connectivity index (χ0v) is 11.7. The number of nitrogens with one attached hydrogen (secondary N) is 1. The second-order valence-corrected chi connectivity index (χ2v) is 5.00. The number of hydrogen-bond acceptors (Lipinski definition) is 3. The molecule has 104 valence electrons. The third-order valence-electron chi connectivity index (χ3n) is 3.32. The molecule has 1 aliphatic heterocycles. The van der Waals surface area contributed by atoms with Crippen molar-refractivity contribution >= 4 is 17.5 Å². The molecule has 1 N–H and O–H groups in total. The van der Waals surface area contributed by atoms with Crippen molar-refractivity contribution in [1.82, 2.24) is 0 Å². The molecule has 1 amide bonds. The second kappa shape index (κ2) is 6.45. The van der Waals surface area contributed by atoms with Gasteiger partial charge in [-0.05, 0) is 31.5 Å². The standard InChI is InChI=1S/C15H22N2O2/c1-3-4-6-12(2)16-13-7-5-8-14(11-13)17-9-10-19-15(17)18/h5,7-8,11-12,16H,3-4,6,9-10H2,1-2H3. The van der Waals surface area contributed by atoms with Crippen LogP contribution in [0.3, 0.4) is 0 Å². The molecule has 1 atom stereocenters. The number of anilines is 2. The summed E-state index contributed by atoms with van der Waals surface area (Å²) in [5.41, 5.74) is 1.95. The Labute approximate surface area is 114 Å². The lowest BCUT2D eigenvalue weighted by Gasteiger charge is -2.18. The average molecular weight is 262 g/mol. The molecule has 0 spiro atoms. The highest BCUT2D eigenvalue weighted by molar-refractivity contribution is 5.89. The fourth-order valence-electron chi connectivity index (χ4n) is 2.26. The highest BCUT2D eigenvalue weighted by atomic mass is 16.6. The summed E-state index contributed by atoms with van der Waals surface area (Å²) in [6, 6.07) is 8.40. The molecule has 1 unspecified atom stereocenters. The van der Waals surface area contributed by atoms with E-state index in [2.05, 4.69) is 19.2 Å². The predicted molar refractivity (Wildman–Crippen MR) is 77.7 cm³/mol. The molecule has 0 radical (unpaired) electrons. The van der Waals surface area contributed by atoms with Crippen LogP contribution in [0, 0.1) is 0 Å². The Kier molecular flexibility index (Phi) is 4.66. The summed E-state index contributed by atoms with van der Waals surface area (Å²) in [7, 11) is 0. The first-order valence-corrected chi connectivity index (χ1v) is 7.01. The van der Waals surface area contributed by atoms with Gasteiger partial charge in [-0.15, -0.1) is 0 Å². The second-order valence-electron chi connectivity index (χ2n) is 5.00. The van der Waals surface area contributed by atoms with Gasteiger partial charge in [-0.1, -0.05) is 25.8 Å². The van der Waals surface area contributed by atoms with Crippen molar-refractivity contribution in [3.8, 4) is 0 Å². The Hall–Kier alpha value is -1.71. The zero-order chi connectivity index (χ0) is 13.7. The fraction of sp³-hybridized carbons (Fsp3) is 0.533. The number of rotatable bonds is 6. The van der Waals surface area contributed by atoms with Gasteiger partial charge < -0.3 is 10.1 Å². The topological polar surface area (TPSA) is 41.6 Å². The van der Waals surface area contributed by atoms with E-state index in [0.29, 0.717) is 19.2 Å². The van der Waals surface area contributed by atoms with Gasteiger partial charge in [0.1, 0.15) is 6.61 Å². The minimum Gasteiger partial charge on any atom is -0.447 e. The third-order valence-corrected chi connectivity index (χ3v) is 3.32. The lowest BCUT2D eigenvalue weighted by Crippen LogP contribution is -2.23. The first-order valence-electron chi connectivity index (χ1n) is 7.01. The molecule has 4 heteroatoms. The van der Waals surface area contributed by atoms with Crippen LogP contribution in [0.1, 0.15) is 33.1 Å². The molecule has 1 aliphatic rings. The van der Waals surface area contributed by atoms with E-state index in [1.54, 1.807) is 4.90 Å². The van der Waals surface area contributed by atoms with Crippen molar-refractivity contribution in [2.24, 2.45) is 0 Å². The number of unbranched alkanes of at least 4 members (excludes halogenated alkanes) is 1. The summed E-state index contributed by atoms with van der Waals surface area (Å²) in [5, 5.41) is 3.48. The summed E-state index contributed by atoms with van der Waals surface area (Å²) in [4.78, 5) is 13.2. The van der Waals surface area contributed by atoms with Gasteiger partial charge in [0.15, 0.2) is 0 Å². The Morgan fingerprint density at radius 1 is 1.47 bits per heavy atom. The molecule has 1 fully saturated rings. The molecule has 1 aromatic carbocycles. The number of benzene rings is 1. The van der Waals surface area contributed by atoms with Gasteiger partial charge in [0, 0.05) is 17.4 Å². The van der Waals surface area contributed by atoms with Crippen LogP contribution in [0.25, 0.3) is 0 Å². The molecule has 0 aliphatic carbocycles. The summed E-state index contributed by atoms with van der Waals surface area (Å²) in [6.07, 6.45) is 3.35. The van der Waals surface area contributed by atoms with Crippen molar-refractivity contribution < 1.29 is 9.53 Å². The van der Waals surface area contributed by atoms with E-state index in [1.807, 2.05) is 24.3 Å². The van der Waals surface area contributed by atoms with Crippen molar-refractivity contribution in [3.63, 3.8) is 0 Å². The Bertz CT molecular complexity index is 434. The van der Waals surface area contributed by atoms with Crippen LogP contribution in [0.4, 0.5) is 16.2 Å². The minimum absolute atomic E-state index is 0.254. The van der Waals surface area contributed by atoms with Gasteiger partial charge in [-0.2, -0.15) is 0 Å². The monoisotopic (exact) mass is 262 g/mol. The quantitative estimate of drug-likeness (QED) is 0.851.